The van der Waals surface area contributed by atoms with Crippen LogP contribution in [0.4, 0.5) is 9.18 Å². The van der Waals surface area contributed by atoms with Gasteiger partial charge in [0, 0.05) is 13.5 Å². The first-order valence-corrected chi connectivity index (χ1v) is 7.86. The van der Waals surface area contributed by atoms with Crippen LogP contribution in [0.25, 0.3) is 0 Å². The minimum Gasteiger partial charge on any atom is -0.481 e. The summed E-state index contributed by atoms with van der Waals surface area (Å²) in [4.78, 5) is 36.7. The Balaban J connectivity index is 3.02. The van der Waals surface area contributed by atoms with Crippen molar-refractivity contribution in [1.82, 2.24) is 4.90 Å². The Hall–Kier alpha value is -1.90. The highest BCUT2D eigenvalue weighted by Crippen LogP contribution is 2.40. The van der Waals surface area contributed by atoms with Crippen LogP contribution in [-0.2, 0) is 19.1 Å². The summed E-state index contributed by atoms with van der Waals surface area (Å²) in [6.07, 6.45) is -2.03. The van der Waals surface area contributed by atoms with E-state index in [1.165, 1.54) is 7.05 Å². The number of aliphatic carboxylic acids is 1. The van der Waals surface area contributed by atoms with Crippen LogP contribution in [0.3, 0.4) is 0 Å². The molecular formula is C15H25FN2O6. The van der Waals surface area contributed by atoms with E-state index in [9.17, 15) is 23.9 Å². The zero-order valence-corrected chi connectivity index (χ0v) is 14.1. The molecule has 8 nitrogen and oxygen atoms in total. The number of hydrogen-bond donors (Lipinski definition) is 2. The zero-order chi connectivity index (χ0) is 18.4. The van der Waals surface area contributed by atoms with E-state index in [1.54, 1.807) is 6.92 Å². The highest BCUT2D eigenvalue weighted by Gasteiger charge is 2.53. The minimum atomic E-state index is -1.76. The lowest BCUT2D eigenvalue weighted by Crippen LogP contribution is -2.49. The average Bonchev–Trinajstić information content (AvgIpc) is 2.93. The summed E-state index contributed by atoms with van der Waals surface area (Å²) in [5, 5.41) is 9.35. The van der Waals surface area contributed by atoms with E-state index >= 15 is 0 Å². The van der Waals surface area contributed by atoms with E-state index in [1.807, 2.05) is 0 Å². The van der Waals surface area contributed by atoms with Gasteiger partial charge in [-0.3, -0.25) is 9.59 Å². The average molecular weight is 348 g/mol. The number of nitrogens with two attached hydrogens (primary N) is 1. The van der Waals surface area contributed by atoms with Gasteiger partial charge < -0.3 is 25.2 Å². The lowest BCUT2D eigenvalue weighted by atomic mass is 9.92. The largest absolute Gasteiger partial charge is 0.481 e. The molecule has 5 atom stereocenters. The van der Waals surface area contributed by atoms with Crippen LogP contribution in [0.1, 0.15) is 26.2 Å². The smallest absolute Gasteiger partial charge is 0.412 e. The van der Waals surface area contributed by atoms with E-state index in [2.05, 4.69) is 0 Å². The van der Waals surface area contributed by atoms with Crippen molar-refractivity contribution in [3.05, 3.63) is 0 Å². The number of carboxylic acids is 1. The monoisotopic (exact) mass is 348 g/mol. The molecule has 0 saturated heterocycles. The Bertz CT molecular complexity index is 475. The molecule has 0 aromatic rings. The predicted molar refractivity (Wildman–Crippen MR) is 81.6 cm³/mol. The SMILES string of the molecule is CCCC(F)OC(=O)N(C)[C@H]1[C@@H](CN)CC(C(=O)O)[C@@H]1C(=O)OC. The Morgan fingerprint density at radius 2 is 2.04 bits per heavy atom. The molecule has 1 fully saturated rings. The van der Waals surface area contributed by atoms with Gasteiger partial charge >= 0.3 is 18.0 Å². The number of ether oxygens (including phenoxy) is 2. The normalized spacial score (nSPS) is 27.4. The fourth-order valence-electron chi connectivity index (χ4n) is 3.23. The predicted octanol–water partition coefficient (Wildman–Crippen LogP) is 0.988. The summed E-state index contributed by atoms with van der Waals surface area (Å²) in [7, 11) is 2.49. The highest BCUT2D eigenvalue weighted by molar-refractivity contribution is 5.83. The van der Waals surface area contributed by atoms with Crippen molar-refractivity contribution in [1.29, 1.82) is 0 Å². The maximum absolute atomic E-state index is 13.5. The van der Waals surface area contributed by atoms with Crippen molar-refractivity contribution in [2.75, 3.05) is 20.7 Å². The molecule has 3 N–H and O–H groups in total. The summed E-state index contributed by atoms with van der Waals surface area (Å²) in [6, 6.07) is -0.829. The lowest BCUT2D eigenvalue weighted by Gasteiger charge is -2.32. The van der Waals surface area contributed by atoms with Crippen LogP contribution in [0.2, 0.25) is 0 Å². The molecule has 0 aliphatic heterocycles. The van der Waals surface area contributed by atoms with E-state index in [0.717, 1.165) is 12.0 Å². The number of nitrogens with zero attached hydrogens (tertiary/aromatic N) is 1. The number of rotatable bonds is 7. The van der Waals surface area contributed by atoms with Crippen LogP contribution < -0.4 is 5.73 Å². The van der Waals surface area contributed by atoms with Crippen molar-refractivity contribution in [3.8, 4) is 0 Å². The van der Waals surface area contributed by atoms with E-state index in [-0.39, 0.29) is 19.4 Å². The fraction of sp³-hybridized carbons (Fsp3) is 0.800. The first-order chi connectivity index (χ1) is 11.3. The van der Waals surface area contributed by atoms with Gasteiger partial charge in [-0.15, -0.1) is 0 Å². The third-order valence-electron chi connectivity index (χ3n) is 4.41. The van der Waals surface area contributed by atoms with E-state index in [4.69, 9.17) is 15.2 Å². The van der Waals surface area contributed by atoms with Gasteiger partial charge in [-0.1, -0.05) is 6.92 Å². The van der Waals surface area contributed by atoms with E-state index < -0.39 is 48.2 Å². The molecule has 1 aliphatic rings. The van der Waals surface area contributed by atoms with Gasteiger partial charge in [0.25, 0.3) is 0 Å². The third kappa shape index (κ3) is 4.34. The first-order valence-electron chi connectivity index (χ1n) is 7.86. The highest BCUT2D eigenvalue weighted by atomic mass is 19.1. The maximum Gasteiger partial charge on any atom is 0.412 e. The van der Waals surface area contributed by atoms with Crippen molar-refractivity contribution >= 4 is 18.0 Å². The summed E-state index contributed by atoms with van der Waals surface area (Å²) < 4.78 is 22.9. The maximum atomic E-state index is 13.5. The molecule has 24 heavy (non-hydrogen) atoms. The van der Waals surface area contributed by atoms with Gasteiger partial charge in [-0.2, -0.15) is 0 Å². The molecule has 0 aromatic carbocycles. The number of carboxylic acid groups (broad SMARTS) is 1. The standard InChI is InChI=1S/C15H25FN2O6/c1-4-5-10(16)24-15(22)18(2)12-8(7-17)6-9(13(19)20)11(12)14(21)23-3/h8-12H,4-7,17H2,1-3H3,(H,19,20)/t8-,9?,10?,11+,12+/m1/s1. The topological polar surface area (TPSA) is 119 Å². The molecule has 2 unspecified atom stereocenters. The van der Waals surface area contributed by atoms with Gasteiger partial charge in [0.2, 0.25) is 6.36 Å². The number of hydrogen-bond acceptors (Lipinski definition) is 6. The van der Waals surface area contributed by atoms with Crippen LogP contribution in [0.5, 0.6) is 0 Å². The molecule has 0 bridgehead atoms. The van der Waals surface area contributed by atoms with E-state index in [0.29, 0.717) is 6.42 Å². The van der Waals surface area contributed by atoms with Crippen molar-refractivity contribution < 1.29 is 33.4 Å². The molecule has 9 heteroatoms. The second-order valence-electron chi connectivity index (χ2n) is 5.91. The molecule has 1 rings (SSSR count). The minimum absolute atomic E-state index is 0.0583. The van der Waals surface area contributed by atoms with Crippen molar-refractivity contribution in [2.24, 2.45) is 23.5 Å². The number of alkyl halides is 1. The second kappa shape index (κ2) is 8.81. The molecule has 1 saturated carbocycles. The summed E-state index contributed by atoms with van der Waals surface area (Å²) in [6.45, 7) is 1.82. The molecule has 138 valence electrons. The first kappa shape index (κ1) is 20.1. The van der Waals surface area contributed by atoms with Crippen molar-refractivity contribution in [2.45, 2.75) is 38.6 Å². The zero-order valence-electron chi connectivity index (χ0n) is 14.1. The fourth-order valence-corrected chi connectivity index (χ4v) is 3.23. The van der Waals surface area contributed by atoms with Gasteiger partial charge in [0.15, 0.2) is 0 Å². The quantitative estimate of drug-likeness (QED) is 0.658. The van der Waals surface area contributed by atoms with Gasteiger partial charge in [-0.05, 0) is 25.3 Å². The number of methoxy groups -OCH3 is 1. The molecule has 0 heterocycles. The number of amides is 1. The second-order valence-corrected chi connectivity index (χ2v) is 5.91. The Labute approximate surface area is 140 Å². The number of esters is 1. The molecular weight excluding hydrogens is 323 g/mol. The third-order valence-corrected chi connectivity index (χ3v) is 4.41. The molecule has 1 aliphatic carbocycles. The van der Waals surface area contributed by atoms with Gasteiger partial charge in [0.1, 0.15) is 0 Å². The Morgan fingerprint density at radius 3 is 2.50 bits per heavy atom. The molecule has 1 amide bonds. The summed E-state index contributed by atoms with van der Waals surface area (Å²) in [5.74, 6) is -4.45. The van der Waals surface area contributed by atoms with Crippen LogP contribution in [0, 0.1) is 17.8 Å². The lowest BCUT2D eigenvalue weighted by molar-refractivity contribution is -0.156. The number of carbonyl (C=O) groups is 3. The van der Waals surface area contributed by atoms with Crippen LogP contribution >= 0.6 is 0 Å². The van der Waals surface area contributed by atoms with Gasteiger partial charge in [-0.25, -0.2) is 9.18 Å². The Morgan fingerprint density at radius 1 is 1.42 bits per heavy atom. The molecule has 0 spiro atoms. The summed E-state index contributed by atoms with van der Waals surface area (Å²) in [5.41, 5.74) is 5.68. The van der Waals surface area contributed by atoms with Gasteiger partial charge in [0.05, 0.1) is 25.0 Å². The molecule has 0 radical (unpaired) electrons. The van der Waals surface area contributed by atoms with Crippen molar-refractivity contribution in [3.63, 3.8) is 0 Å². The van der Waals surface area contributed by atoms with Crippen LogP contribution in [-0.4, -0.2) is 61.1 Å². The van der Waals surface area contributed by atoms with Crippen LogP contribution in [0.15, 0.2) is 0 Å². The number of halogens is 1. The summed E-state index contributed by atoms with van der Waals surface area (Å²) >= 11 is 0. The number of carbonyl (C=O) groups excluding carboxylic acids is 2. The molecule has 0 aromatic heterocycles. The Kier molecular flexibility index (Phi) is 7.40.